The molecule has 1 amide bonds. The van der Waals surface area contributed by atoms with Crippen molar-refractivity contribution in [3.05, 3.63) is 30.3 Å². The molecule has 1 aliphatic rings. The zero-order chi connectivity index (χ0) is 23.5. The molecule has 0 radical (unpaired) electrons. The third-order valence-electron chi connectivity index (χ3n) is 4.82. The van der Waals surface area contributed by atoms with Gasteiger partial charge in [0.15, 0.2) is 0 Å². The number of hydrogen-bond acceptors (Lipinski definition) is 8. The fraction of sp³-hybridized carbons (Fsp3) is 0.478. The Bertz CT molecular complexity index is 1020. The van der Waals surface area contributed by atoms with E-state index in [0.717, 1.165) is 5.56 Å². The molecule has 1 aliphatic heterocycles. The van der Waals surface area contributed by atoms with Gasteiger partial charge in [0.1, 0.15) is 17.7 Å². The Morgan fingerprint density at radius 1 is 1.27 bits per heavy atom. The van der Waals surface area contributed by atoms with Crippen molar-refractivity contribution >= 4 is 41.4 Å². The molecule has 0 bridgehead atoms. The van der Waals surface area contributed by atoms with Crippen molar-refractivity contribution in [3.63, 3.8) is 0 Å². The van der Waals surface area contributed by atoms with Crippen LogP contribution in [-0.2, 0) is 14.3 Å². The largest absolute Gasteiger partial charge is 0.472 e. The van der Waals surface area contributed by atoms with Crippen LogP contribution in [0, 0.1) is 0 Å². The van der Waals surface area contributed by atoms with Crippen molar-refractivity contribution in [2.24, 2.45) is 0 Å². The van der Waals surface area contributed by atoms with E-state index in [1.165, 1.54) is 12.0 Å². The lowest BCUT2D eigenvalue weighted by Crippen LogP contribution is -2.44. The molecule has 1 saturated heterocycles. The maximum absolute atomic E-state index is 12.7. The maximum Gasteiger partial charge on any atom is 0.411 e. The Balaban J connectivity index is 0.00000385. The van der Waals surface area contributed by atoms with Crippen LogP contribution in [0.2, 0.25) is 0 Å². The first-order valence-corrected chi connectivity index (χ1v) is 10.5. The van der Waals surface area contributed by atoms with E-state index in [2.05, 4.69) is 16.5 Å². The topological polar surface area (TPSA) is 100 Å². The number of halogens is 1. The Morgan fingerprint density at radius 2 is 2.00 bits per heavy atom. The zero-order valence-electron chi connectivity index (χ0n) is 19.5. The molecule has 0 N–H and O–H groups in total. The summed E-state index contributed by atoms with van der Waals surface area (Å²) in [7, 11) is 1.28. The molecule has 2 heterocycles. The van der Waals surface area contributed by atoms with Gasteiger partial charge in [0.2, 0.25) is 5.88 Å². The van der Waals surface area contributed by atoms with Crippen LogP contribution in [-0.4, -0.2) is 64.9 Å². The number of methoxy groups -OCH3 is 1. The van der Waals surface area contributed by atoms with E-state index in [-0.39, 0.29) is 31.4 Å². The summed E-state index contributed by atoms with van der Waals surface area (Å²) in [5.41, 5.74) is 0.826. The summed E-state index contributed by atoms with van der Waals surface area (Å²) in [5, 5.41) is 0.677. The summed E-state index contributed by atoms with van der Waals surface area (Å²) in [5.74, 6) is -0.222. The van der Waals surface area contributed by atoms with Crippen LogP contribution in [0.5, 0.6) is 11.9 Å². The summed E-state index contributed by atoms with van der Waals surface area (Å²) in [4.78, 5) is 35.2. The van der Waals surface area contributed by atoms with E-state index in [1.54, 1.807) is 26.8 Å². The average Bonchev–Trinajstić information content (AvgIpc) is 3.16. The van der Waals surface area contributed by atoms with Crippen LogP contribution in [0.1, 0.15) is 39.7 Å². The van der Waals surface area contributed by atoms with Crippen LogP contribution in [0.3, 0.4) is 0 Å². The van der Waals surface area contributed by atoms with E-state index < -0.39 is 29.8 Å². The van der Waals surface area contributed by atoms with Crippen LogP contribution < -0.4 is 9.47 Å². The van der Waals surface area contributed by atoms with Crippen molar-refractivity contribution in [2.45, 2.75) is 51.9 Å². The molecule has 33 heavy (non-hydrogen) atoms. The van der Waals surface area contributed by atoms with Crippen molar-refractivity contribution in [1.29, 1.82) is 0 Å². The van der Waals surface area contributed by atoms with Crippen molar-refractivity contribution in [2.75, 3.05) is 20.3 Å². The minimum atomic E-state index is -0.817. The molecule has 9 nitrogen and oxygen atoms in total. The number of ether oxygens (including phenoxy) is 4. The van der Waals surface area contributed by atoms with Gasteiger partial charge in [0, 0.05) is 6.42 Å². The van der Waals surface area contributed by atoms with Crippen LogP contribution in [0.25, 0.3) is 17.0 Å². The molecule has 0 unspecified atom stereocenters. The lowest BCUT2D eigenvalue weighted by Gasteiger charge is -2.27. The van der Waals surface area contributed by atoms with E-state index in [4.69, 9.17) is 18.9 Å². The van der Waals surface area contributed by atoms with Gasteiger partial charge < -0.3 is 18.9 Å². The Morgan fingerprint density at radius 3 is 2.61 bits per heavy atom. The lowest BCUT2D eigenvalue weighted by molar-refractivity contribution is -0.145. The Hall–Kier alpha value is -3.07. The predicted octanol–water partition coefficient (Wildman–Crippen LogP) is 4.02. The summed E-state index contributed by atoms with van der Waals surface area (Å²) in [6.07, 6.45) is 0.844. The molecule has 2 aromatic rings. The molecule has 1 aromatic heterocycles. The van der Waals surface area contributed by atoms with Crippen molar-refractivity contribution in [1.82, 2.24) is 14.9 Å². The van der Waals surface area contributed by atoms with Gasteiger partial charge in [0.05, 0.1) is 31.2 Å². The SMILES string of the molecule is C=Cc1ccc2nc(OCC)nc(O[C@@H]3C[C@@H](C(=O)OC)N(C(=O)OC(C)(C)C)C3)c2c1.Cl. The summed E-state index contributed by atoms with van der Waals surface area (Å²) in [6.45, 7) is 11.5. The van der Waals surface area contributed by atoms with E-state index in [0.29, 0.717) is 23.4 Å². The first-order chi connectivity index (χ1) is 15.1. The number of amides is 1. The number of carbonyl (C=O) groups excluding carboxylic acids is 2. The maximum atomic E-state index is 12.7. The summed E-state index contributed by atoms with van der Waals surface area (Å²) >= 11 is 0. The second-order valence-electron chi connectivity index (χ2n) is 8.37. The van der Waals surface area contributed by atoms with Crippen LogP contribution in [0.15, 0.2) is 24.8 Å². The highest BCUT2D eigenvalue weighted by Crippen LogP contribution is 2.31. The second-order valence-corrected chi connectivity index (χ2v) is 8.37. The molecule has 2 atom stereocenters. The number of benzene rings is 1. The quantitative estimate of drug-likeness (QED) is 0.572. The molecular weight excluding hydrogens is 450 g/mol. The molecule has 10 heteroatoms. The van der Waals surface area contributed by atoms with Crippen LogP contribution >= 0.6 is 12.4 Å². The van der Waals surface area contributed by atoms with Gasteiger partial charge >= 0.3 is 18.1 Å². The number of rotatable bonds is 6. The first kappa shape index (κ1) is 26.2. The third-order valence-corrected chi connectivity index (χ3v) is 4.82. The number of carbonyl (C=O) groups is 2. The van der Waals surface area contributed by atoms with Crippen LogP contribution in [0.4, 0.5) is 4.79 Å². The summed E-state index contributed by atoms with van der Waals surface area (Å²) < 4.78 is 22.0. The van der Waals surface area contributed by atoms with E-state index in [1.807, 2.05) is 25.1 Å². The van der Waals surface area contributed by atoms with E-state index >= 15 is 0 Å². The average molecular weight is 480 g/mol. The molecule has 0 spiro atoms. The standard InChI is InChI=1S/C23H29N3O6.ClH/c1-7-14-9-10-17-16(11-14)19(25-21(24-17)30-8-2)31-15-12-18(20(27)29-6)26(13-15)22(28)32-23(3,4)5;/h7,9-11,15,18H,1,8,12-13H2,2-6H3;1H/t15-,18+;/m1./s1. The molecule has 0 saturated carbocycles. The van der Waals surface area contributed by atoms with Gasteiger partial charge in [0.25, 0.3) is 0 Å². The fourth-order valence-corrected chi connectivity index (χ4v) is 3.43. The lowest BCUT2D eigenvalue weighted by atomic mass is 10.1. The predicted molar refractivity (Wildman–Crippen MR) is 126 cm³/mol. The molecule has 1 fully saturated rings. The molecule has 180 valence electrons. The number of esters is 1. The number of likely N-dealkylation sites (tertiary alicyclic amines) is 1. The van der Waals surface area contributed by atoms with E-state index in [9.17, 15) is 9.59 Å². The normalized spacial score (nSPS) is 17.8. The Kier molecular flexibility index (Phi) is 8.49. The van der Waals surface area contributed by atoms with Gasteiger partial charge in [-0.2, -0.15) is 9.97 Å². The molecular formula is C23H30ClN3O6. The van der Waals surface area contributed by atoms with Gasteiger partial charge in [-0.3, -0.25) is 4.90 Å². The number of hydrogen-bond donors (Lipinski definition) is 0. The smallest absolute Gasteiger partial charge is 0.411 e. The minimum absolute atomic E-state index is 0. The van der Waals surface area contributed by atoms with Gasteiger partial charge in [-0.25, -0.2) is 9.59 Å². The van der Waals surface area contributed by atoms with Crippen molar-refractivity contribution in [3.8, 4) is 11.9 Å². The van der Waals surface area contributed by atoms with Crippen molar-refractivity contribution < 1.29 is 28.5 Å². The highest BCUT2D eigenvalue weighted by Gasteiger charge is 2.43. The number of fused-ring (bicyclic) bond motifs is 1. The zero-order valence-corrected chi connectivity index (χ0v) is 20.3. The molecule has 1 aromatic carbocycles. The summed E-state index contributed by atoms with van der Waals surface area (Å²) in [6, 6.07) is 4.96. The molecule has 3 rings (SSSR count). The second kappa shape index (κ2) is 10.7. The minimum Gasteiger partial charge on any atom is -0.472 e. The highest BCUT2D eigenvalue weighted by atomic mass is 35.5. The van der Waals surface area contributed by atoms with Gasteiger partial charge in [-0.1, -0.05) is 18.7 Å². The molecule has 0 aliphatic carbocycles. The number of nitrogens with zero attached hydrogens (tertiary/aromatic N) is 3. The van der Waals surface area contributed by atoms with Gasteiger partial charge in [-0.05, 0) is 45.4 Å². The Labute approximate surface area is 199 Å². The highest BCUT2D eigenvalue weighted by molar-refractivity contribution is 5.86. The first-order valence-electron chi connectivity index (χ1n) is 10.5. The monoisotopic (exact) mass is 479 g/mol. The van der Waals surface area contributed by atoms with Gasteiger partial charge in [-0.15, -0.1) is 12.4 Å². The number of aromatic nitrogens is 2. The fourth-order valence-electron chi connectivity index (χ4n) is 3.43. The third kappa shape index (κ3) is 6.25.